The van der Waals surface area contributed by atoms with Gasteiger partial charge in [0.25, 0.3) is 0 Å². The van der Waals surface area contributed by atoms with Gasteiger partial charge in [-0.1, -0.05) is 66.7 Å². The molecule has 0 radical (unpaired) electrons. The summed E-state index contributed by atoms with van der Waals surface area (Å²) in [5.74, 6) is -0.546. The quantitative estimate of drug-likeness (QED) is 0.511. The third-order valence-corrected chi connectivity index (χ3v) is 7.22. The fraction of sp³-hybridized carbons (Fsp3) is 0.241. The smallest absolute Gasteiger partial charge is 0.410 e. The van der Waals surface area contributed by atoms with Crippen LogP contribution in [0.1, 0.15) is 34.6 Å². The number of benzene rings is 3. The van der Waals surface area contributed by atoms with E-state index in [1.54, 1.807) is 17.0 Å². The third-order valence-electron chi connectivity index (χ3n) is 7.22. The number of carbonyl (C=O) groups is 1. The molecule has 0 aromatic heterocycles. The molecule has 1 amide bonds. The molecule has 3 aromatic rings. The van der Waals surface area contributed by atoms with Gasteiger partial charge >= 0.3 is 6.09 Å². The van der Waals surface area contributed by atoms with E-state index in [0.29, 0.717) is 25.2 Å². The first kappa shape index (κ1) is 21.6. The third kappa shape index (κ3) is 3.60. The first-order valence-electron chi connectivity index (χ1n) is 11.8. The van der Waals surface area contributed by atoms with Crippen LogP contribution >= 0.6 is 0 Å². The lowest BCUT2D eigenvalue weighted by Crippen LogP contribution is -2.56. The van der Waals surface area contributed by atoms with Crippen molar-refractivity contribution >= 4 is 11.7 Å². The standard InChI is InChI=1S/C29H23FN2O3/c30-28-11-5-10-21(26(28)14-31)18-12-19-15-34-16-20(13-18)32(19)29(33)35-17-27-24-8-3-1-6-22(24)23-7-2-4-9-25(23)27/h1-12,19-20,27H,13,15-17H2. The second-order valence-electron chi connectivity index (χ2n) is 9.14. The zero-order valence-electron chi connectivity index (χ0n) is 19.0. The van der Waals surface area contributed by atoms with E-state index in [4.69, 9.17) is 9.47 Å². The SMILES string of the molecule is N#Cc1c(F)cccc1C1=CC2COCC(C1)N2C(=O)OCC1c2ccccc2-c2ccccc21. The molecule has 2 aliphatic heterocycles. The highest BCUT2D eigenvalue weighted by Gasteiger charge is 2.40. The number of nitriles is 1. The number of amides is 1. The summed E-state index contributed by atoms with van der Waals surface area (Å²) in [7, 11) is 0. The normalized spacial score (nSPS) is 20.5. The summed E-state index contributed by atoms with van der Waals surface area (Å²) in [5, 5.41) is 9.46. The van der Waals surface area contributed by atoms with Gasteiger partial charge in [0.05, 0.1) is 30.9 Å². The van der Waals surface area contributed by atoms with Crippen LogP contribution in [-0.4, -0.2) is 42.9 Å². The summed E-state index contributed by atoms with van der Waals surface area (Å²) in [6.07, 6.45) is 2.01. The molecule has 2 unspecified atom stereocenters. The molecule has 1 saturated heterocycles. The Labute approximate surface area is 203 Å². The summed E-state index contributed by atoms with van der Waals surface area (Å²) < 4.78 is 25.8. The number of nitrogens with zero attached hydrogens (tertiary/aromatic N) is 2. The second kappa shape index (κ2) is 8.68. The minimum Gasteiger partial charge on any atom is -0.448 e. The molecule has 1 fully saturated rings. The topological polar surface area (TPSA) is 62.6 Å². The second-order valence-corrected chi connectivity index (χ2v) is 9.14. The van der Waals surface area contributed by atoms with E-state index in [-0.39, 0.29) is 36.3 Å². The maximum absolute atomic E-state index is 14.2. The van der Waals surface area contributed by atoms with Gasteiger partial charge in [0.15, 0.2) is 0 Å². The monoisotopic (exact) mass is 466 g/mol. The van der Waals surface area contributed by atoms with Crippen LogP contribution in [0.25, 0.3) is 16.7 Å². The molecule has 2 atom stereocenters. The Kier molecular flexibility index (Phi) is 5.35. The predicted octanol–water partition coefficient (Wildman–Crippen LogP) is 5.50. The van der Waals surface area contributed by atoms with Gasteiger partial charge in [0.2, 0.25) is 0 Å². The molecule has 0 spiro atoms. The Hall–Kier alpha value is -3.95. The van der Waals surface area contributed by atoms with Crippen LogP contribution in [-0.2, 0) is 9.47 Å². The number of rotatable bonds is 3. The molecule has 174 valence electrons. The zero-order valence-corrected chi connectivity index (χ0v) is 19.0. The van der Waals surface area contributed by atoms with Gasteiger partial charge in [-0.3, -0.25) is 4.90 Å². The molecular formula is C29H23FN2O3. The van der Waals surface area contributed by atoms with Crippen molar-refractivity contribution in [1.82, 2.24) is 4.90 Å². The summed E-state index contributed by atoms with van der Waals surface area (Å²) >= 11 is 0. The zero-order chi connectivity index (χ0) is 23.9. The summed E-state index contributed by atoms with van der Waals surface area (Å²) in [6.45, 7) is 0.958. The summed E-state index contributed by atoms with van der Waals surface area (Å²) in [5.41, 5.74) is 6.18. The molecule has 6 rings (SSSR count). The first-order valence-corrected chi connectivity index (χ1v) is 11.8. The fourth-order valence-electron chi connectivity index (χ4n) is 5.65. The van der Waals surface area contributed by atoms with Crippen molar-refractivity contribution in [2.75, 3.05) is 19.8 Å². The molecule has 3 aliphatic rings. The Morgan fingerprint density at radius 2 is 1.69 bits per heavy atom. The van der Waals surface area contributed by atoms with E-state index >= 15 is 0 Å². The van der Waals surface area contributed by atoms with E-state index in [9.17, 15) is 14.4 Å². The number of fused-ring (bicyclic) bond motifs is 5. The van der Waals surface area contributed by atoms with Crippen LogP contribution in [0.3, 0.4) is 0 Å². The average molecular weight is 467 g/mol. The van der Waals surface area contributed by atoms with Crippen LogP contribution in [0.5, 0.6) is 0 Å². The maximum atomic E-state index is 14.2. The molecular weight excluding hydrogens is 443 g/mol. The number of ether oxygens (including phenoxy) is 2. The van der Waals surface area contributed by atoms with Crippen molar-refractivity contribution in [3.63, 3.8) is 0 Å². The molecule has 1 aliphatic carbocycles. The van der Waals surface area contributed by atoms with E-state index in [2.05, 4.69) is 24.3 Å². The van der Waals surface area contributed by atoms with E-state index in [1.165, 1.54) is 28.3 Å². The lowest BCUT2D eigenvalue weighted by Gasteiger charge is -2.44. The molecule has 35 heavy (non-hydrogen) atoms. The number of morpholine rings is 1. The first-order chi connectivity index (χ1) is 17.2. The highest BCUT2D eigenvalue weighted by molar-refractivity contribution is 5.80. The molecule has 6 heteroatoms. The lowest BCUT2D eigenvalue weighted by atomic mass is 9.88. The minimum atomic E-state index is -0.536. The molecule has 5 nitrogen and oxygen atoms in total. The van der Waals surface area contributed by atoms with Crippen molar-refractivity contribution < 1.29 is 18.7 Å². The lowest BCUT2D eigenvalue weighted by molar-refractivity contribution is -0.0331. The van der Waals surface area contributed by atoms with Gasteiger partial charge in [-0.2, -0.15) is 5.26 Å². The van der Waals surface area contributed by atoms with Gasteiger partial charge in [0.1, 0.15) is 18.5 Å². The van der Waals surface area contributed by atoms with Crippen molar-refractivity contribution in [2.45, 2.75) is 24.4 Å². The number of hydrogen-bond acceptors (Lipinski definition) is 4. The molecule has 0 saturated carbocycles. The van der Waals surface area contributed by atoms with Gasteiger partial charge in [-0.15, -0.1) is 0 Å². The largest absolute Gasteiger partial charge is 0.448 e. The van der Waals surface area contributed by atoms with Crippen molar-refractivity contribution in [2.24, 2.45) is 0 Å². The fourth-order valence-corrected chi connectivity index (χ4v) is 5.65. The Morgan fingerprint density at radius 1 is 1.00 bits per heavy atom. The predicted molar refractivity (Wildman–Crippen MR) is 129 cm³/mol. The van der Waals surface area contributed by atoms with Crippen LogP contribution in [0.4, 0.5) is 9.18 Å². The highest BCUT2D eigenvalue weighted by atomic mass is 19.1. The van der Waals surface area contributed by atoms with Gasteiger partial charge in [-0.25, -0.2) is 9.18 Å². The van der Waals surface area contributed by atoms with Crippen molar-refractivity contribution in [3.05, 3.63) is 101 Å². The van der Waals surface area contributed by atoms with Crippen molar-refractivity contribution in [3.8, 4) is 17.2 Å². The molecule has 0 N–H and O–H groups in total. The highest BCUT2D eigenvalue weighted by Crippen LogP contribution is 2.44. The van der Waals surface area contributed by atoms with Crippen LogP contribution in [0.2, 0.25) is 0 Å². The van der Waals surface area contributed by atoms with E-state index < -0.39 is 5.82 Å². The number of carbonyl (C=O) groups excluding carboxylic acids is 1. The Balaban J connectivity index is 1.24. The van der Waals surface area contributed by atoms with Gasteiger partial charge in [-0.05, 0) is 45.9 Å². The maximum Gasteiger partial charge on any atom is 0.410 e. The van der Waals surface area contributed by atoms with Gasteiger partial charge in [0, 0.05) is 5.92 Å². The van der Waals surface area contributed by atoms with Gasteiger partial charge < -0.3 is 9.47 Å². The molecule has 2 bridgehead atoms. The van der Waals surface area contributed by atoms with Crippen LogP contribution < -0.4 is 0 Å². The Morgan fingerprint density at radius 3 is 2.37 bits per heavy atom. The summed E-state index contributed by atoms with van der Waals surface area (Å²) in [6, 6.07) is 22.6. The molecule has 2 heterocycles. The number of hydrogen-bond donors (Lipinski definition) is 0. The Bertz CT molecular complexity index is 1350. The minimum absolute atomic E-state index is 0.0104. The van der Waals surface area contributed by atoms with Crippen LogP contribution in [0, 0.1) is 17.1 Å². The average Bonchev–Trinajstić information content (AvgIpc) is 3.20. The van der Waals surface area contributed by atoms with E-state index in [1.807, 2.05) is 36.4 Å². The van der Waals surface area contributed by atoms with Crippen molar-refractivity contribution in [1.29, 1.82) is 5.26 Å². The number of halogens is 1. The van der Waals surface area contributed by atoms with Crippen LogP contribution in [0.15, 0.2) is 72.8 Å². The molecule has 3 aromatic carbocycles. The summed E-state index contributed by atoms with van der Waals surface area (Å²) in [4.78, 5) is 15.1. The van der Waals surface area contributed by atoms with E-state index in [0.717, 1.165) is 5.57 Å².